The van der Waals surface area contributed by atoms with Gasteiger partial charge in [-0.1, -0.05) is 6.07 Å². The Morgan fingerprint density at radius 3 is 2.92 bits per heavy atom. The van der Waals surface area contributed by atoms with Gasteiger partial charge in [0, 0.05) is 12.3 Å². The highest BCUT2D eigenvalue weighted by molar-refractivity contribution is 5.95. The number of hydrogen-bond donors (Lipinski definition) is 3. The monoisotopic (exact) mass is 362 g/mol. The lowest BCUT2D eigenvalue weighted by Gasteiger charge is -2.28. The van der Waals surface area contributed by atoms with Gasteiger partial charge in [0.25, 0.3) is 0 Å². The third-order valence-electron chi connectivity index (χ3n) is 4.45. The average molecular weight is 362 g/mol. The lowest BCUT2D eigenvalue weighted by Crippen LogP contribution is -2.45. The minimum absolute atomic E-state index is 0.0280. The van der Waals surface area contributed by atoms with Crippen LogP contribution in [0.4, 0.5) is 4.79 Å². The molecule has 0 saturated carbocycles. The van der Waals surface area contributed by atoms with E-state index in [4.69, 9.17) is 14.2 Å². The second-order valence-corrected chi connectivity index (χ2v) is 6.23. The van der Waals surface area contributed by atoms with E-state index >= 15 is 0 Å². The van der Waals surface area contributed by atoms with Crippen molar-refractivity contribution >= 4 is 12.0 Å². The van der Waals surface area contributed by atoms with E-state index in [0.29, 0.717) is 23.4 Å². The Bertz CT molecular complexity index is 739. The van der Waals surface area contributed by atoms with Crippen LogP contribution in [0.15, 0.2) is 29.5 Å². The maximum Gasteiger partial charge on any atom is 0.338 e. The van der Waals surface area contributed by atoms with Gasteiger partial charge in [-0.3, -0.25) is 0 Å². The van der Waals surface area contributed by atoms with Crippen molar-refractivity contribution in [2.45, 2.75) is 31.9 Å². The molecule has 2 heterocycles. The van der Waals surface area contributed by atoms with E-state index < -0.39 is 18.0 Å². The Morgan fingerprint density at radius 1 is 1.42 bits per heavy atom. The molecule has 1 fully saturated rings. The quantitative estimate of drug-likeness (QED) is 0.689. The Morgan fingerprint density at radius 2 is 2.23 bits per heavy atom. The number of carbonyl (C=O) groups excluding carboxylic acids is 2. The van der Waals surface area contributed by atoms with Crippen molar-refractivity contribution in [3.63, 3.8) is 0 Å². The Kier molecular flexibility index (Phi) is 5.32. The van der Waals surface area contributed by atoms with Crippen LogP contribution in [0, 0.1) is 0 Å². The number of methoxy groups -OCH3 is 1. The standard InChI is InChI=1S/C18H22N2O6/c1-10-15(17(22)26-9-12-4-3-7-25-12)16(20-18(23)19-10)11-5-6-13(21)14(8-11)24-2/h5-6,8,12,16,21H,3-4,7,9H2,1-2H3,(H2,19,20,23)/t12-,16+/m0/s1. The zero-order valence-electron chi connectivity index (χ0n) is 14.7. The van der Waals surface area contributed by atoms with Gasteiger partial charge >= 0.3 is 12.0 Å². The molecule has 2 atom stereocenters. The molecule has 2 aliphatic heterocycles. The maximum absolute atomic E-state index is 12.7. The fraction of sp³-hybridized carbons (Fsp3) is 0.444. The van der Waals surface area contributed by atoms with Crippen molar-refractivity contribution in [1.29, 1.82) is 0 Å². The molecule has 8 heteroatoms. The van der Waals surface area contributed by atoms with Crippen molar-refractivity contribution in [2.24, 2.45) is 0 Å². The van der Waals surface area contributed by atoms with Crippen LogP contribution >= 0.6 is 0 Å². The molecule has 2 amide bonds. The molecule has 140 valence electrons. The maximum atomic E-state index is 12.7. The average Bonchev–Trinajstić information content (AvgIpc) is 3.13. The number of urea groups is 1. The van der Waals surface area contributed by atoms with Crippen molar-refractivity contribution in [2.75, 3.05) is 20.3 Å². The summed E-state index contributed by atoms with van der Waals surface area (Å²) in [5.74, 6) is -0.303. The first-order chi connectivity index (χ1) is 12.5. The second-order valence-electron chi connectivity index (χ2n) is 6.23. The summed E-state index contributed by atoms with van der Waals surface area (Å²) < 4.78 is 16.0. The highest BCUT2D eigenvalue weighted by Gasteiger charge is 2.33. The number of phenols is 1. The number of carbonyl (C=O) groups is 2. The summed E-state index contributed by atoms with van der Waals surface area (Å²) >= 11 is 0. The number of nitrogens with one attached hydrogen (secondary N) is 2. The van der Waals surface area contributed by atoms with Gasteiger partial charge < -0.3 is 30.0 Å². The number of esters is 1. The number of rotatable bonds is 5. The number of phenolic OH excluding ortho intramolecular Hbond substituents is 1. The van der Waals surface area contributed by atoms with Gasteiger partial charge in [0.2, 0.25) is 0 Å². The van der Waals surface area contributed by atoms with E-state index in [1.54, 1.807) is 19.1 Å². The number of aromatic hydroxyl groups is 1. The molecule has 3 N–H and O–H groups in total. The van der Waals surface area contributed by atoms with Gasteiger partial charge in [-0.25, -0.2) is 9.59 Å². The van der Waals surface area contributed by atoms with Crippen molar-refractivity contribution in [3.05, 3.63) is 35.0 Å². The van der Waals surface area contributed by atoms with Crippen molar-refractivity contribution < 1.29 is 28.9 Å². The third-order valence-corrected chi connectivity index (χ3v) is 4.45. The SMILES string of the molecule is COc1cc([C@H]2NC(=O)NC(C)=C2C(=O)OC[C@@H]2CCCO2)ccc1O. The minimum atomic E-state index is -0.713. The summed E-state index contributed by atoms with van der Waals surface area (Å²) in [5.41, 5.74) is 1.32. The van der Waals surface area contributed by atoms with E-state index in [1.807, 2.05) is 0 Å². The smallest absolute Gasteiger partial charge is 0.338 e. The molecule has 3 rings (SSSR count). The zero-order valence-corrected chi connectivity index (χ0v) is 14.7. The van der Waals surface area contributed by atoms with E-state index in [-0.39, 0.29) is 24.2 Å². The molecule has 26 heavy (non-hydrogen) atoms. The first kappa shape index (κ1) is 18.1. The number of benzene rings is 1. The summed E-state index contributed by atoms with van der Waals surface area (Å²) in [5, 5.41) is 15.1. The Hall–Kier alpha value is -2.74. The number of amides is 2. The minimum Gasteiger partial charge on any atom is -0.504 e. The number of hydrogen-bond acceptors (Lipinski definition) is 6. The van der Waals surface area contributed by atoms with Gasteiger partial charge in [0.1, 0.15) is 6.61 Å². The lowest BCUT2D eigenvalue weighted by molar-refractivity contribution is -0.142. The Labute approximate surface area is 151 Å². The largest absolute Gasteiger partial charge is 0.504 e. The fourth-order valence-corrected chi connectivity index (χ4v) is 3.11. The molecule has 0 unspecified atom stereocenters. The molecule has 0 bridgehead atoms. The van der Waals surface area contributed by atoms with E-state index in [9.17, 15) is 14.7 Å². The lowest BCUT2D eigenvalue weighted by atomic mass is 9.95. The third kappa shape index (κ3) is 3.75. The molecule has 0 radical (unpaired) electrons. The molecule has 8 nitrogen and oxygen atoms in total. The van der Waals surface area contributed by atoms with Crippen LogP contribution in [0.1, 0.15) is 31.4 Å². The molecule has 0 spiro atoms. The topological polar surface area (TPSA) is 106 Å². The molecular weight excluding hydrogens is 340 g/mol. The summed E-state index contributed by atoms with van der Waals surface area (Å²) in [6.45, 7) is 2.50. The molecule has 1 saturated heterocycles. The Balaban J connectivity index is 1.85. The van der Waals surface area contributed by atoms with Crippen LogP contribution in [0.25, 0.3) is 0 Å². The molecular formula is C18H22N2O6. The van der Waals surface area contributed by atoms with Crippen LogP contribution in [-0.2, 0) is 14.3 Å². The first-order valence-corrected chi connectivity index (χ1v) is 8.43. The van der Waals surface area contributed by atoms with E-state index in [0.717, 1.165) is 12.8 Å². The number of allylic oxidation sites excluding steroid dienone is 1. The van der Waals surface area contributed by atoms with Gasteiger partial charge in [-0.2, -0.15) is 0 Å². The summed E-state index contributed by atoms with van der Waals surface area (Å²) in [7, 11) is 1.43. The summed E-state index contributed by atoms with van der Waals surface area (Å²) in [6.07, 6.45) is 1.73. The number of ether oxygens (including phenoxy) is 3. The first-order valence-electron chi connectivity index (χ1n) is 8.43. The van der Waals surface area contributed by atoms with Crippen LogP contribution in [0.5, 0.6) is 11.5 Å². The fourth-order valence-electron chi connectivity index (χ4n) is 3.11. The summed E-state index contributed by atoms with van der Waals surface area (Å²) in [6, 6.07) is 3.51. The zero-order chi connectivity index (χ0) is 18.7. The van der Waals surface area contributed by atoms with E-state index in [2.05, 4.69) is 10.6 Å². The molecule has 0 aliphatic carbocycles. The second kappa shape index (κ2) is 7.65. The summed E-state index contributed by atoms with van der Waals surface area (Å²) in [4.78, 5) is 24.6. The highest BCUT2D eigenvalue weighted by atomic mass is 16.6. The van der Waals surface area contributed by atoms with Gasteiger partial charge in [-0.05, 0) is 37.5 Å². The molecule has 0 aromatic heterocycles. The van der Waals surface area contributed by atoms with Crippen LogP contribution in [0.3, 0.4) is 0 Å². The molecule has 2 aliphatic rings. The van der Waals surface area contributed by atoms with Gasteiger partial charge in [-0.15, -0.1) is 0 Å². The molecule has 1 aromatic rings. The molecule has 1 aromatic carbocycles. The van der Waals surface area contributed by atoms with Crippen LogP contribution in [-0.4, -0.2) is 43.5 Å². The van der Waals surface area contributed by atoms with Crippen molar-refractivity contribution in [1.82, 2.24) is 10.6 Å². The van der Waals surface area contributed by atoms with Gasteiger partial charge in [0.15, 0.2) is 11.5 Å². The van der Waals surface area contributed by atoms with Crippen LogP contribution in [0.2, 0.25) is 0 Å². The van der Waals surface area contributed by atoms with Gasteiger partial charge in [0.05, 0.1) is 24.8 Å². The van der Waals surface area contributed by atoms with E-state index in [1.165, 1.54) is 13.2 Å². The normalized spacial score (nSPS) is 22.6. The predicted octanol–water partition coefficient (Wildman–Crippen LogP) is 1.75. The van der Waals surface area contributed by atoms with Crippen molar-refractivity contribution in [3.8, 4) is 11.5 Å². The predicted molar refractivity (Wildman–Crippen MR) is 91.7 cm³/mol. The van der Waals surface area contributed by atoms with Crippen LogP contribution < -0.4 is 15.4 Å². The highest BCUT2D eigenvalue weighted by Crippen LogP contribution is 2.33.